The minimum atomic E-state index is -4.51. The van der Waals surface area contributed by atoms with Crippen molar-refractivity contribution in [2.24, 2.45) is 17.8 Å². The van der Waals surface area contributed by atoms with Crippen molar-refractivity contribution < 1.29 is 49.6 Å². The smallest absolute Gasteiger partial charge is 0.392 e. The van der Waals surface area contributed by atoms with E-state index in [4.69, 9.17) is 9.26 Å². The van der Waals surface area contributed by atoms with Gasteiger partial charge in [-0.25, -0.2) is 27.1 Å². The van der Waals surface area contributed by atoms with E-state index in [9.17, 15) is 40.3 Å². The van der Waals surface area contributed by atoms with E-state index in [2.05, 4.69) is 25.9 Å². The number of carbonyl (C=O) groups is 2. The number of amides is 2. The third-order valence-corrected chi connectivity index (χ3v) is 8.14. The average molecular weight is 649 g/mol. The molecule has 3 aromatic rings. The van der Waals surface area contributed by atoms with Gasteiger partial charge in [-0.05, 0) is 54.3 Å². The summed E-state index contributed by atoms with van der Waals surface area (Å²) in [5.41, 5.74) is 0.824. The summed E-state index contributed by atoms with van der Waals surface area (Å²) in [5, 5.41) is 13.2. The van der Waals surface area contributed by atoms with Crippen LogP contribution in [0.3, 0.4) is 0 Å². The summed E-state index contributed by atoms with van der Waals surface area (Å²) in [6.45, 7) is -0.0909. The molecule has 45 heavy (non-hydrogen) atoms. The molecule has 2 amide bonds. The normalized spacial score (nSPS) is 19.3. The quantitative estimate of drug-likeness (QED) is 0.238. The first-order chi connectivity index (χ1) is 21.2. The zero-order chi connectivity index (χ0) is 32.5. The standard InChI is InChI=1S/C28H31F7N6O4/c1-14(28(33,34)35)8-22(42)38-23(15-2-3-15)17-9-21-37-19(11-41(21)36-10-17)24(16-4-6-27(31,32)7-5-16)39-25(43)18-12-45-40-26(18)44-13-20(29)30/h9-12,14-16,20,23-24H,2-8,13H2,1H3,(H,38,42)(H,39,43)/t14-,23?,24-/m0/s1. The van der Waals surface area contributed by atoms with Crippen LogP contribution in [-0.2, 0) is 4.79 Å². The van der Waals surface area contributed by atoms with Crippen LogP contribution in [0.25, 0.3) is 5.65 Å². The van der Waals surface area contributed by atoms with E-state index in [1.165, 1.54) is 16.9 Å². The number of ether oxygens (including phenoxy) is 1. The Morgan fingerprint density at radius 2 is 1.80 bits per heavy atom. The number of carbonyl (C=O) groups excluding carboxylic acids is 2. The maximum atomic E-state index is 14.0. The highest BCUT2D eigenvalue weighted by atomic mass is 19.4. The van der Waals surface area contributed by atoms with Crippen LogP contribution < -0.4 is 15.4 Å². The molecule has 0 saturated heterocycles. The molecule has 3 heterocycles. The predicted molar refractivity (Wildman–Crippen MR) is 142 cm³/mol. The molecule has 0 bridgehead atoms. The molecule has 1 unspecified atom stereocenters. The maximum Gasteiger partial charge on any atom is 0.392 e. The highest BCUT2D eigenvalue weighted by Gasteiger charge is 2.41. The van der Waals surface area contributed by atoms with Crippen LogP contribution in [0.2, 0.25) is 0 Å². The Labute approximate surface area is 252 Å². The highest BCUT2D eigenvalue weighted by molar-refractivity contribution is 5.96. The first-order valence-electron chi connectivity index (χ1n) is 14.5. The molecule has 5 rings (SSSR count). The fraction of sp³-hybridized carbons (Fsp3) is 0.607. The van der Waals surface area contributed by atoms with Crippen LogP contribution in [0.5, 0.6) is 5.88 Å². The highest BCUT2D eigenvalue weighted by Crippen LogP contribution is 2.43. The molecule has 3 aromatic heterocycles. The number of fused-ring (bicyclic) bond motifs is 1. The van der Waals surface area contributed by atoms with Gasteiger partial charge in [0.25, 0.3) is 18.2 Å². The monoisotopic (exact) mass is 648 g/mol. The van der Waals surface area contributed by atoms with E-state index < -0.39 is 86.0 Å². The lowest BCUT2D eigenvalue weighted by Gasteiger charge is -2.33. The summed E-state index contributed by atoms with van der Waals surface area (Å²) in [6.07, 6.45) is -3.37. The van der Waals surface area contributed by atoms with Gasteiger partial charge in [0.2, 0.25) is 11.8 Å². The summed E-state index contributed by atoms with van der Waals surface area (Å²) in [5.74, 6) is -7.15. The zero-order valence-corrected chi connectivity index (χ0v) is 24.0. The molecule has 2 aliphatic carbocycles. The van der Waals surface area contributed by atoms with Crippen molar-refractivity contribution >= 4 is 17.5 Å². The lowest BCUT2D eigenvalue weighted by atomic mass is 9.81. The van der Waals surface area contributed by atoms with Crippen LogP contribution in [0.1, 0.15) is 85.6 Å². The second-order valence-corrected chi connectivity index (χ2v) is 11.7. The van der Waals surface area contributed by atoms with E-state index in [0.717, 1.165) is 26.0 Å². The third kappa shape index (κ3) is 8.03. The zero-order valence-electron chi connectivity index (χ0n) is 24.0. The molecule has 2 aliphatic rings. The summed E-state index contributed by atoms with van der Waals surface area (Å²) in [6, 6.07) is 0.128. The molecular formula is C28H31F7N6O4. The second-order valence-electron chi connectivity index (χ2n) is 11.7. The van der Waals surface area contributed by atoms with Crippen molar-refractivity contribution in [2.75, 3.05) is 6.61 Å². The Morgan fingerprint density at radius 1 is 1.11 bits per heavy atom. The van der Waals surface area contributed by atoms with Gasteiger partial charge >= 0.3 is 6.18 Å². The number of alkyl halides is 7. The molecule has 3 atom stereocenters. The molecule has 0 aromatic carbocycles. The van der Waals surface area contributed by atoms with E-state index in [1.807, 2.05) is 0 Å². The van der Waals surface area contributed by atoms with E-state index in [1.54, 1.807) is 6.07 Å². The molecule has 2 saturated carbocycles. The molecule has 10 nitrogen and oxygen atoms in total. The van der Waals surface area contributed by atoms with Crippen molar-refractivity contribution in [3.8, 4) is 5.88 Å². The molecule has 17 heteroatoms. The minimum absolute atomic E-state index is 0.00910. The maximum absolute atomic E-state index is 14.0. The molecule has 0 spiro atoms. The van der Waals surface area contributed by atoms with Crippen LogP contribution in [0.4, 0.5) is 30.7 Å². The largest absolute Gasteiger partial charge is 0.469 e. The van der Waals surface area contributed by atoms with Gasteiger partial charge in [0.05, 0.1) is 36.1 Å². The van der Waals surface area contributed by atoms with Gasteiger partial charge in [0.1, 0.15) is 11.8 Å². The van der Waals surface area contributed by atoms with Gasteiger partial charge in [-0.1, -0.05) is 6.92 Å². The molecule has 2 fully saturated rings. The molecular weight excluding hydrogens is 617 g/mol. The Kier molecular flexibility index (Phi) is 9.26. The number of nitrogens with one attached hydrogen (secondary N) is 2. The summed E-state index contributed by atoms with van der Waals surface area (Å²) >= 11 is 0. The minimum Gasteiger partial charge on any atom is -0.469 e. The number of rotatable bonds is 12. The van der Waals surface area contributed by atoms with Crippen LogP contribution in [0, 0.1) is 17.8 Å². The van der Waals surface area contributed by atoms with Crippen molar-refractivity contribution in [2.45, 2.75) is 82.5 Å². The van der Waals surface area contributed by atoms with E-state index in [0.29, 0.717) is 5.56 Å². The Hall–Kier alpha value is -3.92. The fourth-order valence-electron chi connectivity index (χ4n) is 5.43. The van der Waals surface area contributed by atoms with Crippen LogP contribution in [-0.4, -0.2) is 56.7 Å². The number of halogens is 7. The lowest BCUT2D eigenvalue weighted by Crippen LogP contribution is -2.37. The molecule has 246 valence electrons. The predicted octanol–water partition coefficient (Wildman–Crippen LogP) is 5.81. The Bertz CT molecular complexity index is 1500. The number of nitrogens with zero attached hydrogens (tertiary/aromatic N) is 4. The van der Waals surface area contributed by atoms with Gasteiger partial charge in [-0.2, -0.15) is 18.3 Å². The third-order valence-electron chi connectivity index (χ3n) is 8.14. The number of hydrogen-bond donors (Lipinski definition) is 2. The van der Waals surface area contributed by atoms with E-state index in [-0.39, 0.29) is 35.7 Å². The van der Waals surface area contributed by atoms with Crippen molar-refractivity contribution in [3.05, 3.63) is 41.5 Å². The number of aromatic nitrogens is 4. The van der Waals surface area contributed by atoms with Crippen molar-refractivity contribution in [1.29, 1.82) is 0 Å². The van der Waals surface area contributed by atoms with Gasteiger partial charge in [-0.3, -0.25) is 9.59 Å². The summed E-state index contributed by atoms with van der Waals surface area (Å²) < 4.78 is 103. The average Bonchev–Trinajstić information content (AvgIpc) is 3.53. The molecule has 0 radical (unpaired) electrons. The van der Waals surface area contributed by atoms with Gasteiger partial charge in [0.15, 0.2) is 12.3 Å². The first-order valence-corrected chi connectivity index (χ1v) is 14.5. The van der Waals surface area contributed by atoms with Crippen molar-refractivity contribution in [3.63, 3.8) is 0 Å². The van der Waals surface area contributed by atoms with Gasteiger partial charge in [0, 0.05) is 19.3 Å². The van der Waals surface area contributed by atoms with E-state index >= 15 is 0 Å². The summed E-state index contributed by atoms with van der Waals surface area (Å²) in [4.78, 5) is 30.3. The molecule has 2 N–H and O–H groups in total. The fourth-order valence-corrected chi connectivity index (χ4v) is 5.43. The van der Waals surface area contributed by atoms with Gasteiger partial charge < -0.3 is 19.9 Å². The topological polar surface area (TPSA) is 124 Å². The lowest BCUT2D eigenvalue weighted by molar-refractivity contribution is -0.174. The van der Waals surface area contributed by atoms with Crippen molar-refractivity contribution in [1.82, 2.24) is 30.4 Å². The summed E-state index contributed by atoms with van der Waals surface area (Å²) in [7, 11) is 0. The van der Waals surface area contributed by atoms with Gasteiger partial charge in [-0.15, -0.1) is 0 Å². The SMILES string of the molecule is C[C@@H](CC(=O)NC(c1cnn2cc([C@@H](NC(=O)c3conc3OCC(F)F)C3CCC(F)(F)CC3)nc2c1)C1CC1)C(F)(F)F. The number of imidazole rings is 1. The Morgan fingerprint density at radius 3 is 2.44 bits per heavy atom. The number of hydrogen-bond acceptors (Lipinski definition) is 7. The van der Waals surface area contributed by atoms with Crippen LogP contribution >= 0.6 is 0 Å². The molecule has 0 aliphatic heterocycles. The van der Waals surface area contributed by atoms with Crippen LogP contribution in [0.15, 0.2) is 29.2 Å². The first kappa shape index (κ1) is 32.5. The Balaban J connectivity index is 1.39. The second kappa shape index (κ2) is 12.8.